The van der Waals surface area contributed by atoms with E-state index in [-0.39, 0.29) is 101 Å². The van der Waals surface area contributed by atoms with Crippen LogP contribution in [0.2, 0.25) is 0 Å². The maximum absolute atomic E-state index is 12.6. The van der Waals surface area contributed by atoms with Crippen LogP contribution < -0.4 is 103 Å². The molecule has 12 unspecified atom stereocenters. The summed E-state index contributed by atoms with van der Waals surface area (Å²) in [6, 6.07) is 0.203. The number of halogens is 1. The molecule has 0 bridgehead atoms. The number of nitrogen functional groups attached to an aromatic ring is 1. The van der Waals surface area contributed by atoms with E-state index in [1.54, 1.807) is 12.4 Å². The molecule has 0 saturated heterocycles. The Bertz CT molecular complexity index is 5530. The number of nitrogens with two attached hydrogens (primary N) is 13. The summed E-state index contributed by atoms with van der Waals surface area (Å²) in [4.78, 5) is 80.0. The lowest BCUT2D eigenvalue weighted by atomic mass is 10.2. The molecule has 131 heavy (non-hydrogen) atoms. The second kappa shape index (κ2) is 68.6. The van der Waals surface area contributed by atoms with E-state index in [9.17, 15) is 28.4 Å². The van der Waals surface area contributed by atoms with Gasteiger partial charge in [-0.1, -0.05) is 34.1 Å². The molecule has 0 aliphatic carbocycles. The highest BCUT2D eigenvalue weighted by Crippen LogP contribution is 2.17. The van der Waals surface area contributed by atoms with Crippen LogP contribution in [0.25, 0.3) is 0 Å². The molecule has 0 spiro atoms. The van der Waals surface area contributed by atoms with E-state index in [4.69, 9.17) is 178 Å². The summed E-state index contributed by atoms with van der Waals surface area (Å²) < 4.78 is 35.2. The number of nitrogens with one attached hydrogen (secondary N) is 13. The summed E-state index contributed by atoms with van der Waals surface area (Å²) in [7, 11) is 0. The van der Waals surface area contributed by atoms with Gasteiger partial charge in [-0.25, -0.2) is 24.9 Å². The van der Waals surface area contributed by atoms with Crippen molar-refractivity contribution in [1.82, 2.24) is 146 Å². The van der Waals surface area contributed by atoms with Crippen molar-refractivity contribution < 1.29 is 27.5 Å². The van der Waals surface area contributed by atoms with Crippen LogP contribution in [0, 0.1) is 159 Å². The summed E-state index contributed by atoms with van der Waals surface area (Å²) >= 11 is 7.10. The highest BCUT2D eigenvalue weighted by Gasteiger charge is 2.17. The molecule has 0 aliphatic rings. The number of terminal acetylenes is 12. The summed E-state index contributed by atoms with van der Waals surface area (Å²) in [5.41, 5.74) is 73.8. The Morgan fingerprint density at radius 2 is 0.954 bits per heavy atom. The van der Waals surface area contributed by atoms with Crippen molar-refractivity contribution in [2.45, 2.75) is 150 Å². The Labute approximate surface area is 757 Å². The minimum atomic E-state index is -0.687. The first kappa shape index (κ1) is 114. The molecule has 0 saturated carbocycles. The lowest BCUT2D eigenvalue weighted by Crippen LogP contribution is -2.18. The summed E-state index contributed by atoms with van der Waals surface area (Å²) in [5.74, 6) is 30.0. The summed E-state index contributed by atoms with van der Waals surface area (Å²) in [5, 5.41) is 70.8. The van der Waals surface area contributed by atoms with Crippen LogP contribution >= 0.6 is 35.5 Å². The van der Waals surface area contributed by atoms with Crippen LogP contribution in [-0.4, -0.2) is 152 Å². The molecule has 0 fully saturated rings. The minimum absolute atomic E-state index is 0.0861. The van der Waals surface area contributed by atoms with Crippen molar-refractivity contribution in [3.05, 3.63) is 168 Å². The van der Waals surface area contributed by atoms with Crippen molar-refractivity contribution in [1.29, 1.82) is 0 Å². The Hall–Kier alpha value is -16.8. The zero-order valence-corrected chi connectivity index (χ0v) is 71.6. The van der Waals surface area contributed by atoms with E-state index >= 15 is 0 Å². The SMILES string of the molecule is C#CCC(N)c1cc(=O)[nH]o1.C#CCC(N)c1cc(=O)[nH]s1.C#CCC(N)c1cc(=O)o[nH]1.C#CCC(N)c1cn[nH]n1.C#CCC(N)c1cn[nH]n1.C#CCC(N)c1n[nH][nH]c1=S.C#CCC(N)c1n[nH]nc1F.C#CCC(N)c1nc(N)n[nH]1.C#CCC(N)c1ncn[nH]1.C#CCC(N)c1nn[nH]n1.C#CCC(N)c1noc(=O)[nH]1.C#CCC(N)c1ns[nH]c1=O.O=C=O. The number of H-pyrrole nitrogens is 13. The highest BCUT2D eigenvalue weighted by molar-refractivity contribution is 7.71. The Morgan fingerprint density at radius 3 is 1.34 bits per heavy atom. The van der Waals surface area contributed by atoms with E-state index in [0.717, 1.165) is 16.6 Å². The molecular weight excluding hydrogens is 1760 g/mol. The average Bonchev–Trinajstić information content (AvgIpc) is 1.53. The molecule has 12 heterocycles. The van der Waals surface area contributed by atoms with E-state index in [1.807, 2.05) is 0 Å². The van der Waals surface area contributed by atoms with Gasteiger partial charge in [0.15, 0.2) is 17.4 Å². The zero-order chi connectivity index (χ0) is 98.4. The third-order valence-corrected chi connectivity index (χ3v) is 16.1. The van der Waals surface area contributed by atoms with Crippen molar-refractivity contribution in [3.8, 4) is 148 Å². The van der Waals surface area contributed by atoms with Gasteiger partial charge < -0.3 is 83.6 Å². The number of rotatable bonds is 24. The van der Waals surface area contributed by atoms with Gasteiger partial charge >= 0.3 is 17.5 Å². The van der Waals surface area contributed by atoms with Gasteiger partial charge in [0.2, 0.25) is 5.95 Å². The normalized spacial score (nSPS) is 12.2. The topological polar surface area (TPSA) is 909 Å². The molecule has 12 aromatic heterocycles. The second-order valence-electron chi connectivity index (χ2n) is 24.2. The van der Waals surface area contributed by atoms with E-state index in [2.05, 4.69) is 226 Å². The van der Waals surface area contributed by atoms with E-state index in [0.29, 0.717) is 127 Å². The minimum Gasteiger partial charge on any atom is -0.382 e. The first-order chi connectivity index (χ1) is 62.7. The smallest absolute Gasteiger partial charge is 0.382 e. The van der Waals surface area contributed by atoms with Gasteiger partial charge in [-0.3, -0.25) is 47.9 Å². The van der Waals surface area contributed by atoms with Gasteiger partial charge in [0, 0.05) is 112 Å². The molecule has 39 N–H and O–H groups in total. The average molecular weight is 1860 g/mol. The number of hydrogen-bond donors (Lipinski definition) is 26. The van der Waals surface area contributed by atoms with Gasteiger partial charge in [-0.15, -0.1) is 169 Å². The molecule has 0 amide bonds. The molecule has 12 rings (SSSR count). The Morgan fingerprint density at radius 1 is 0.466 bits per heavy atom. The molecule has 56 heteroatoms. The second-order valence-corrected chi connectivity index (χ2v) is 26.0. The van der Waals surface area contributed by atoms with Gasteiger partial charge in [0.1, 0.15) is 51.1 Å². The third kappa shape index (κ3) is 48.3. The predicted octanol–water partition coefficient (Wildman–Crippen LogP) is -2.33. The Balaban J connectivity index is 0.00000140. The van der Waals surface area contributed by atoms with Crippen LogP contribution in [0.15, 0.2) is 74.5 Å². The van der Waals surface area contributed by atoms with Gasteiger partial charge in [-0.05, 0) is 0 Å². The number of anilines is 1. The fourth-order valence-corrected chi connectivity index (χ4v) is 9.39. The molecule has 52 nitrogen and oxygen atoms in total. The number of aromatic nitrogens is 29. The first-order valence-corrected chi connectivity index (χ1v) is 38.3. The number of aromatic amines is 13. The van der Waals surface area contributed by atoms with Crippen LogP contribution in [0.3, 0.4) is 0 Å². The predicted molar refractivity (Wildman–Crippen MR) is 477 cm³/mol. The van der Waals surface area contributed by atoms with Gasteiger partial charge in [-0.2, -0.15) is 85.0 Å². The lowest BCUT2D eigenvalue weighted by molar-refractivity contribution is -0.191. The quantitative estimate of drug-likeness (QED) is 0.0223. The van der Waals surface area contributed by atoms with Crippen molar-refractivity contribution in [3.63, 3.8) is 0 Å². The van der Waals surface area contributed by atoms with Crippen LogP contribution in [0.1, 0.15) is 218 Å². The Kier molecular flexibility index (Phi) is 59.8. The maximum Gasteiger partial charge on any atom is 0.438 e. The number of carbonyl (C=O) groups excluding carboxylic acids is 2. The lowest BCUT2D eigenvalue weighted by Gasteiger charge is -2.01. The van der Waals surface area contributed by atoms with Crippen LogP contribution in [-0.2, 0) is 9.59 Å². The van der Waals surface area contributed by atoms with Crippen molar-refractivity contribution in [2.75, 3.05) is 5.73 Å². The maximum atomic E-state index is 12.6. The standard InChI is InChI=1S/2C7H8N2O2.C7H8N2OS.C6H7FN4.C6H9N5.C6H8N4S.3C6H8N4.C6H7N3O2.C6H7N3OS.C5H7N5.CO2/c1-2-3-5(8)6-4-7(10)9-11-6;1-2-3-5(8)6-4-7(10)11-9-6;1-2-3-5(8)6-4-7(10)9-11-6;1-2-3-4(8)5-6(7)10-11-9-5;1-2-3-4(7)5-9-6(8)11-10-5;1-2-3-4(7)5-6(11)9-10-8-5;1-2-3-5(7)6-8-4-9-10-6;2*1-2-3-5(7)6-4-8-10-9-6;1-2-3-4(7)5-8-6(10)11-9-5;1-2-3-4(7)5-6(10)9-11-8-5;1-2-3-4(6)5-7-9-10-8-5;2-1-3/h1,4-5H,3,8H2,(H,9,10);1,4-5,9H,3,8H2;1,4-5H,3,8H2,(H,9,10);1,4H,3,8H2,(H,9,10,11);1,4H,3,7H2,(H3,8,9,10,11);1,4H,3,7H2,(H2,8,9,10,11);3*1,4-5H,3,7H2,(H,8,9,10);1,4H,3,7H2,(H,8,9,10);1,4H,3,7H2,(H,9,10);1,4H,3,6H2,(H,7,8,9,10);. The fraction of sp³-hybridized carbons (Fsp3) is 0.320. The largest absolute Gasteiger partial charge is 0.438 e. The molecule has 0 radical (unpaired) electrons. The molecule has 0 aromatic carbocycles. The molecule has 688 valence electrons. The summed E-state index contributed by atoms with van der Waals surface area (Å²) in [6.07, 6.45) is 70.1. The van der Waals surface area contributed by atoms with Crippen LogP contribution in [0.4, 0.5) is 10.3 Å². The molecular formula is C75H93FN42O10S3. The number of hydrogen-bond acceptors (Lipinski definition) is 42. The van der Waals surface area contributed by atoms with Crippen molar-refractivity contribution >= 4 is 47.6 Å². The monoisotopic (exact) mass is 1860 g/mol. The van der Waals surface area contributed by atoms with Gasteiger partial charge in [0.25, 0.3) is 22.6 Å². The number of tetrazole rings is 1. The zero-order valence-electron chi connectivity index (χ0n) is 69.2. The molecule has 0 aliphatic heterocycles. The van der Waals surface area contributed by atoms with Gasteiger partial charge in [0.05, 0.1) is 90.6 Å². The first-order valence-electron chi connectivity index (χ1n) is 36.3. The fourth-order valence-electron chi connectivity index (χ4n) is 7.92. The van der Waals surface area contributed by atoms with Crippen molar-refractivity contribution in [2.24, 2.45) is 68.8 Å². The highest BCUT2D eigenvalue weighted by atomic mass is 32.1. The third-order valence-electron chi connectivity index (χ3n) is 14.3. The van der Waals surface area contributed by atoms with E-state index < -0.39 is 35.5 Å². The molecule has 12 aromatic rings. The van der Waals surface area contributed by atoms with Crippen LogP contribution in [0.5, 0.6) is 0 Å². The summed E-state index contributed by atoms with van der Waals surface area (Å²) in [6.45, 7) is 0. The van der Waals surface area contributed by atoms with E-state index in [1.165, 1.54) is 36.1 Å². The number of nitrogens with zero attached hydrogens (tertiary/aromatic N) is 16. The molecule has 12 atom stereocenters.